The van der Waals surface area contributed by atoms with Crippen LogP contribution in [0.3, 0.4) is 0 Å². The predicted octanol–water partition coefficient (Wildman–Crippen LogP) is 5.66. The summed E-state index contributed by atoms with van der Waals surface area (Å²) in [5.74, 6) is -0.383. The maximum atomic E-state index is 13.4. The number of fused-ring (bicyclic) bond motifs is 1. The monoisotopic (exact) mass is 570 g/mol. The van der Waals surface area contributed by atoms with Crippen LogP contribution in [0.5, 0.6) is 0 Å². The molecular weight excluding hydrogens is 543 g/mol. The van der Waals surface area contributed by atoms with E-state index in [2.05, 4.69) is 15.6 Å². The molecule has 0 saturated heterocycles. The summed E-state index contributed by atoms with van der Waals surface area (Å²) in [6, 6.07) is 20.9. The van der Waals surface area contributed by atoms with Gasteiger partial charge in [-0.15, -0.1) is 0 Å². The zero-order chi connectivity index (χ0) is 27.1. The van der Waals surface area contributed by atoms with Crippen LogP contribution in [0.15, 0.2) is 83.9 Å². The molecule has 198 valence electrons. The van der Waals surface area contributed by atoms with Gasteiger partial charge in [0.05, 0.1) is 17.0 Å². The first-order valence-corrected chi connectivity index (χ1v) is 14.3. The minimum atomic E-state index is -3.92. The number of nitrogens with zero attached hydrogens (tertiary/aromatic N) is 2. The maximum Gasteiger partial charge on any atom is 0.243 e. The highest BCUT2D eigenvalue weighted by molar-refractivity contribution is 7.89. The van der Waals surface area contributed by atoms with Gasteiger partial charge in [-0.3, -0.25) is 9.78 Å². The molecule has 1 aromatic heterocycles. The van der Waals surface area contributed by atoms with Crippen LogP contribution in [0, 0.1) is 6.92 Å². The third-order valence-corrected chi connectivity index (χ3v) is 8.20. The number of sulfonamides is 1. The lowest BCUT2D eigenvalue weighted by atomic mass is 10.2. The molecule has 0 spiro atoms. The van der Waals surface area contributed by atoms with Gasteiger partial charge in [0.2, 0.25) is 15.9 Å². The fraction of sp³-hybridized carbons (Fsp3) is 0.214. The number of halogens is 2. The summed E-state index contributed by atoms with van der Waals surface area (Å²) in [6.07, 6.45) is 2.36. The summed E-state index contributed by atoms with van der Waals surface area (Å²) in [4.78, 5) is 17.3. The topological polar surface area (TPSA) is 91.4 Å². The number of aryl methyl sites for hydroxylation is 1. The van der Waals surface area contributed by atoms with Crippen molar-refractivity contribution in [2.24, 2.45) is 0 Å². The van der Waals surface area contributed by atoms with E-state index < -0.39 is 10.0 Å². The van der Waals surface area contributed by atoms with Gasteiger partial charge in [0, 0.05) is 46.9 Å². The first kappa shape index (κ1) is 27.9. The SMILES string of the molecule is Cc1ccc(S(=O)(=O)N(CC(=O)NCCCNc2ccnc3cc(Cl)ccc23)Cc2cccc(Cl)c2)cc1. The molecule has 1 heterocycles. The summed E-state index contributed by atoms with van der Waals surface area (Å²) in [5, 5.41) is 8.27. The van der Waals surface area contributed by atoms with Crippen molar-refractivity contribution in [3.05, 3.63) is 100 Å². The molecule has 0 radical (unpaired) electrons. The molecule has 0 unspecified atom stereocenters. The largest absolute Gasteiger partial charge is 0.384 e. The summed E-state index contributed by atoms with van der Waals surface area (Å²) in [6.45, 7) is 2.58. The molecule has 2 N–H and O–H groups in total. The Morgan fingerprint density at radius 1 is 0.947 bits per heavy atom. The molecule has 10 heteroatoms. The van der Waals surface area contributed by atoms with Crippen LogP contribution >= 0.6 is 23.2 Å². The van der Waals surface area contributed by atoms with Gasteiger partial charge in [0.1, 0.15) is 0 Å². The minimum Gasteiger partial charge on any atom is -0.384 e. The van der Waals surface area contributed by atoms with Gasteiger partial charge in [-0.05, 0) is 67.4 Å². The number of amides is 1. The highest BCUT2D eigenvalue weighted by atomic mass is 35.5. The number of carbonyl (C=O) groups excluding carboxylic acids is 1. The summed E-state index contributed by atoms with van der Waals surface area (Å²) >= 11 is 12.2. The van der Waals surface area contributed by atoms with Crippen LogP contribution in [0.4, 0.5) is 5.69 Å². The van der Waals surface area contributed by atoms with Gasteiger partial charge in [-0.2, -0.15) is 4.31 Å². The number of benzene rings is 3. The molecule has 0 fully saturated rings. The Kier molecular flexibility index (Phi) is 9.22. The number of nitrogens with one attached hydrogen (secondary N) is 2. The Morgan fingerprint density at radius 3 is 2.47 bits per heavy atom. The lowest BCUT2D eigenvalue weighted by Crippen LogP contribution is -2.40. The molecule has 7 nitrogen and oxygen atoms in total. The minimum absolute atomic E-state index is 0.0187. The molecule has 0 aliphatic heterocycles. The van der Waals surface area contributed by atoms with Crippen molar-refractivity contribution in [1.82, 2.24) is 14.6 Å². The van der Waals surface area contributed by atoms with Crippen LogP contribution in [-0.2, 0) is 21.4 Å². The van der Waals surface area contributed by atoms with E-state index in [0.29, 0.717) is 35.1 Å². The second-order valence-electron chi connectivity index (χ2n) is 8.87. The van der Waals surface area contributed by atoms with Crippen LogP contribution in [0.1, 0.15) is 17.5 Å². The smallest absolute Gasteiger partial charge is 0.243 e. The van der Waals surface area contributed by atoms with E-state index >= 15 is 0 Å². The number of hydrogen-bond acceptors (Lipinski definition) is 5. The molecule has 0 atom stereocenters. The molecule has 0 aliphatic carbocycles. The van der Waals surface area contributed by atoms with Crippen molar-refractivity contribution in [2.75, 3.05) is 25.0 Å². The van der Waals surface area contributed by atoms with Crippen LogP contribution < -0.4 is 10.6 Å². The van der Waals surface area contributed by atoms with Crippen molar-refractivity contribution in [3.63, 3.8) is 0 Å². The average molecular weight is 572 g/mol. The Balaban J connectivity index is 1.36. The van der Waals surface area contributed by atoms with Crippen LogP contribution in [0.25, 0.3) is 10.9 Å². The van der Waals surface area contributed by atoms with Crippen molar-refractivity contribution >= 4 is 55.7 Å². The molecule has 3 aromatic carbocycles. The zero-order valence-corrected chi connectivity index (χ0v) is 23.2. The fourth-order valence-corrected chi connectivity index (χ4v) is 5.72. The van der Waals surface area contributed by atoms with E-state index in [-0.39, 0.29) is 23.9 Å². The van der Waals surface area contributed by atoms with Gasteiger partial charge in [0.15, 0.2) is 0 Å². The van der Waals surface area contributed by atoms with Gasteiger partial charge < -0.3 is 10.6 Å². The first-order chi connectivity index (χ1) is 18.2. The lowest BCUT2D eigenvalue weighted by molar-refractivity contribution is -0.121. The average Bonchev–Trinajstić information content (AvgIpc) is 2.88. The number of carbonyl (C=O) groups is 1. The van der Waals surface area contributed by atoms with Gasteiger partial charge in [-0.25, -0.2) is 8.42 Å². The standard InChI is InChI=1S/C28H28Cl2N4O3S/c1-20-6-9-24(10-7-20)38(36,37)34(18-21-4-2-5-22(29)16-21)19-28(35)33-14-3-13-31-26-12-15-32-27-17-23(30)8-11-25(26)27/h2,4-12,15-17H,3,13-14,18-19H2,1H3,(H,31,32)(H,33,35). The first-order valence-electron chi connectivity index (χ1n) is 12.1. The zero-order valence-electron chi connectivity index (χ0n) is 20.8. The highest BCUT2D eigenvalue weighted by Crippen LogP contribution is 2.24. The van der Waals surface area contributed by atoms with Gasteiger partial charge >= 0.3 is 0 Å². The Morgan fingerprint density at radius 2 is 1.71 bits per heavy atom. The van der Waals surface area contributed by atoms with Crippen molar-refractivity contribution < 1.29 is 13.2 Å². The summed E-state index contributed by atoms with van der Waals surface area (Å²) < 4.78 is 28.0. The Hall–Kier alpha value is -3.17. The second kappa shape index (κ2) is 12.6. The van der Waals surface area contributed by atoms with Crippen molar-refractivity contribution in [1.29, 1.82) is 0 Å². The third-order valence-electron chi connectivity index (χ3n) is 5.92. The number of aromatic nitrogens is 1. The van der Waals surface area contributed by atoms with Crippen molar-refractivity contribution in [3.8, 4) is 0 Å². The lowest BCUT2D eigenvalue weighted by Gasteiger charge is -2.22. The Bertz CT molecular complexity index is 1530. The van der Waals surface area contributed by atoms with E-state index in [1.54, 1.807) is 54.7 Å². The number of hydrogen-bond donors (Lipinski definition) is 2. The van der Waals surface area contributed by atoms with E-state index in [0.717, 1.165) is 22.2 Å². The highest BCUT2D eigenvalue weighted by Gasteiger charge is 2.27. The summed E-state index contributed by atoms with van der Waals surface area (Å²) in [7, 11) is -3.92. The number of pyridine rings is 1. The predicted molar refractivity (Wildman–Crippen MR) is 153 cm³/mol. The Labute approximate surface area is 232 Å². The van der Waals surface area contributed by atoms with E-state index in [4.69, 9.17) is 23.2 Å². The second-order valence-corrected chi connectivity index (χ2v) is 11.7. The van der Waals surface area contributed by atoms with E-state index in [9.17, 15) is 13.2 Å². The van der Waals surface area contributed by atoms with Crippen LogP contribution in [-0.4, -0.2) is 43.2 Å². The molecule has 0 bridgehead atoms. The number of rotatable bonds is 11. The maximum absolute atomic E-state index is 13.4. The molecule has 0 saturated carbocycles. The van der Waals surface area contributed by atoms with Crippen LogP contribution in [0.2, 0.25) is 10.0 Å². The fourth-order valence-electron chi connectivity index (χ4n) is 3.95. The third kappa shape index (κ3) is 7.23. The normalized spacial score (nSPS) is 11.6. The molecule has 0 aliphatic rings. The summed E-state index contributed by atoms with van der Waals surface area (Å²) in [5.41, 5.74) is 3.36. The molecule has 4 aromatic rings. The van der Waals surface area contributed by atoms with Gasteiger partial charge in [0.25, 0.3) is 0 Å². The quantitative estimate of drug-likeness (QED) is 0.227. The van der Waals surface area contributed by atoms with E-state index in [1.807, 2.05) is 31.2 Å². The molecule has 4 rings (SSSR count). The number of anilines is 1. The van der Waals surface area contributed by atoms with E-state index in [1.165, 1.54) is 4.31 Å². The van der Waals surface area contributed by atoms with Gasteiger partial charge in [-0.1, -0.05) is 53.0 Å². The molecule has 1 amide bonds. The van der Waals surface area contributed by atoms with Crippen molar-refractivity contribution in [2.45, 2.75) is 24.8 Å². The molecule has 38 heavy (non-hydrogen) atoms. The molecular formula is C28H28Cl2N4O3S.